The molecular formula is C15H16F3N5O2. The van der Waals surface area contributed by atoms with Crippen molar-refractivity contribution in [2.75, 3.05) is 10.6 Å². The third-order valence-corrected chi connectivity index (χ3v) is 4.51. The molecule has 1 aliphatic heterocycles. The van der Waals surface area contributed by atoms with Crippen molar-refractivity contribution >= 4 is 17.5 Å². The molecule has 2 aliphatic rings. The summed E-state index contributed by atoms with van der Waals surface area (Å²) in [7, 11) is 0. The van der Waals surface area contributed by atoms with E-state index in [2.05, 4.69) is 20.9 Å². The summed E-state index contributed by atoms with van der Waals surface area (Å²) in [6, 6.07) is 0.874. The number of rotatable bonds is 3. The first-order valence-corrected chi connectivity index (χ1v) is 7.99. The van der Waals surface area contributed by atoms with Crippen LogP contribution in [-0.4, -0.2) is 33.1 Å². The third-order valence-electron chi connectivity index (χ3n) is 4.51. The lowest BCUT2D eigenvalue weighted by Gasteiger charge is -2.33. The fraction of sp³-hybridized carbons (Fsp3) is 0.533. The zero-order valence-electron chi connectivity index (χ0n) is 13.3. The van der Waals surface area contributed by atoms with E-state index in [1.54, 1.807) is 6.92 Å². The summed E-state index contributed by atoms with van der Waals surface area (Å²) >= 11 is 0. The number of carbonyl (C=O) groups excluding carboxylic acids is 1. The monoisotopic (exact) mass is 355 g/mol. The van der Waals surface area contributed by atoms with Crippen LogP contribution in [0.4, 0.5) is 24.8 Å². The molecule has 134 valence electrons. The van der Waals surface area contributed by atoms with Crippen LogP contribution < -0.4 is 10.6 Å². The summed E-state index contributed by atoms with van der Waals surface area (Å²) in [5.41, 5.74) is -0.103. The Balaban J connectivity index is 1.61. The molecule has 2 aromatic rings. The van der Waals surface area contributed by atoms with E-state index in [1.807, 2.05) is 0 Å². The van der Waals surface area contributed by atoms with Crippen LogP contribution in [-0.2, 0) is 0 Å². The van der Waals surface area contributed by atoms with Gasteiger partial charge in [0.2, 0.25) is 0 Å². The second-order valence-electron chi connectivity index (χ2n) is 6.52. The van der Waals surface area contributed by atoms with Crippen molar-refractivity contribution in [2.45, 2.75) is 44.4 Å². The zero-order chi connectivity index (χ0) is 17.8. The maximum absolute atomic E-state index is 13.4. The van der Waals surface area contributed by atoms with Crippen LogP contribution in [0.3, 0.4) is 0 Å². The molecule has 1 aliphatic carbocycles. The summed E-state index contributed by atoms with van der Waals surface area (Å²) in [5, 5.41) is 13.1. The molecule has 0 aromatic carbocycles. The van der Waals surface area contributed by atoms with Crippen LogP contribution in [0.1, 0.15) is 41.6 Å². The van der Waals surface area contributed by atoms with Gasteiger partial charge in [0.15, 0.2) is 17.6 Å². The number of alkyl halides is 3. The van der Waals surface area contributed by atoms with Crippen LogP contribution in [0.5, 0.6) is 0 Å². The van der Waals surface area contributed by atoms with Crippen molar-refractivity contribution in [3.8, 4) is 0 Å². The van der Waals surface area contributed by atoms with E-state index < -0.39 is 18.1 Å². The molecule has 0 bridgehead atoms. The Hall–Kier alpha value is -2.52. The summed E-state index contributed by atoms with van der Waals surface area (Å²) in [4.78, 5) is 12.2. The van der Waals surface area contributed by atoms with Crippen molar-refractivity contribution in [1.29, 1.82) is 0 Å². The minimum Gasteiger partial charge on any atom is -0.367 e. The SMILES string of the molecule is Cc1cc(NC(=O)c2cc3n(n2)[C@@H](C(F)(F)F)C[C@H](C2CC2)N3)no1. The number of hydrogen-bond donors (Lipinski definition) is 2. The lowest BCUT2D eigenvalue weighted by Crippen LogP contribution is -2.40. The molecule has 2 N–H and O–H groups in total. The topological polar surface area (TPSA) is 85.0 Å². The van der Waals surface area contributed by atoms with E-state index in [1.165, 1.54) is 12.1 Å². The predicted octanol–water partition coefficient (Wildman–Crippen LogP) is 3.13. The van der Waals surface area contributed by atoms with E-state index in [0.29, 0.717) is 5.76 Å². The molecule has 0 saturated heterocycles. The fourth-order valence-corrected chi connectivity index (χ4v) is 3.13. The van der Waals surface area contributed by atoms with Crippen molar-refractivity contribution < 1.29 is 22.5 Å². The van der Waals surface area contributed by atoms with Gasteiger partial charge in [-0.25, -0.2) is 4.68 Å². The first kappa shape index (κ1) is 16.0. The molecule has 10 heteroatoms. The Labute approximate surface area is 140 Å². The average Bonchev–Trinajstić information content (AvgIpc) is 3.17. The summed E-state index contributed by atoms with van der Waals surface area (Å²) < 4.78 is 46.0. The molecule has 3 heterocycles. The van der Waals surface area contributed by atoms with Crippen molar-refractivity contribution in [1.82, 2.24) is 14.9 Å². The van der Waals surface area contributed by atoms with Gasteiger partial charge in [-0.05, 0) is 32.1 Å². The van der Waals surface area contributed by atoms with Gasteiger partial charge >= 0.3 is 6.18 Å². The molecule has 1 fully saturated rings. The van der Waals surface area contributed by atoms with Crippen LogP contribution in [0.25, 0.3) is 0 Å². The number of halogens is 3. The standard InChI is InChI=1S/C15H16F3N5O2/c1-7-4-12(22-25-7)20-14(24)10-6-13-19-9(8-2-3-8)5-11(15(16,17)18)23(13)21-10/h4,6,8-9,11,19H,2-3,5H2,1H3,(H,20,22,24)/t9-,11-/m1/s1. The Kier molecular flexibility index (Phi) is 3.51. The molecule has 1 amide bonds. The van der Waals surface area contributed by atoms with Crippen molar-refractivity contribution in [3.63, 3.8) is 0 Å². The summed E-state index contributed by atoms with van der Waals surface area (Å²) in [6.07, 6.45) is -2.65. The molecule has 1 saturated carbocycles. The second kappa shape index (κ2) is 5.50. The van der Waals surface area contributed by atoms with Gasteiger partial charge in [0, 0.05) is 18.2 Å². The van der Waals surface area contributed by atoms with Crippen molar-refractivity contribution in [2.24, 2.45) is 5.92 Å². The highest BCUT2D eigenvalue weighted by Crippen LogP contribution is 2.45. The molecule has 4 rings (SSSR count). The Morgan fingerprint density at radius 2 is 2.16 bits per heavy atom. The number of amides is 1. The van der Waals surface area contributed by atoms with Gasteiger partial charge in [0.25, 0.3) is 5.91 Å². The zero-order valence-corrected chi connectivity index (χ0v) is 13.3. The highest BCUT2D eigenvalue weighted by atomic mass is 19.4. The van der Waals surface area contributed by atoms with E-state index in [9.17, 15) is 18.0 Å². The Morgan fingerprint density at radius 3 is 2.76 bits per heavy atom. The lowest BCUT2D eigenvalue weighted by molar-refractivity contribution is -0.174. The molecule has 2 atom stereocenters. The highest BCUT2D eigenvalue weighted by Gasteiger charge is 2.49. The normalized spacial score (nSPS) is 23.0. The van der Waals surface area contributed by atoms with Crippen LogP contribution >= 0.6 is 0 Å². The number of fused-ring (bicyclic) bond motifs is 1. The van der Waals surface area contributed by atoms with Crippen LogP contribution in [0.2, 0.25) is 0 Å². The number of aryl methyl sites for hydroxylation is 1. The minimum absolute atomic E-state index is 0.0770. The molecular weight excluding hydrogens is 339 g/mol. The second-order valence-corrected chi connectivity index (χ2v) is 6.52. The van der Waals surface area contributed by atoms with Gasteiger partial charge in [-0.15, -0.1) is 0 Å². The van der Waals surface area contributed by atoms with Gasteiger partial charge in [-0.2, -0.15) is 18.3 Å². The maximum Gasteiger partial charge on any atom is 0.410 e. The number of anilines is 2. The predicted molar refractivity (Wildman–Crippen MR) is 81.3 cm³/mol. The first-order chi connectivity index (χ1) is 11.8. The van der Waals surface area contributed by atoms with Crippen LogP contribution in [0.15, 0.2) is 16.7 Å². The number of carbonyl (C=O) groups is 1. The molecule has 25 heavy (non-hydrogen) atoms. The van der Waals surface area contributed by atoms with Crippen molar-refractivity contribution in [3.05, 3.63) is 23.6 Å². The number of hydrogen-bond acceptors (Lipinski definition) is 5. The summed E-state index contributed by atoms with van der Waals surface area (Å²) in [6.45, 7) is 1.66. The fourth-order valence-electron chi connectivity index (χ4n) is 3.13. The molecule has 0 unspecified atom stereocenters. The van der Waals surface area contributed by atoms with E-state index in [0.717, 1.165) is 17.5 Å². The number of nitrogens with zero attached hydrogens (tertiary/aromatic N) is 3. The first-order valence-electron chi connectivity index (χ1n) is 7.99. The van der Waals surface area contributed by atoms with E-state index in [4.69, 9.17) is 4.52 Å². The maximum atomic E-state index is 13.4. The minimum atomic E-state index is -4.42. The smallest absolute Gasteiger partial charge is 0.367 e. The van der Waals surface area contributed by atoms with Gasteiger partial charge in [-0.1, -0.05) is 5.16 Å². The molecule has 0 spiro atoms. The van der Waals surface area contributed by atoms with Crippen LogP contribution in [0, 0.1) is 12.8 Å². The van der Waals surface area contributed by atoms with E-state index in [-0.39, 0.29) is 35.7 Å². The van der Waals surface area contributed by atoms with E-state index >= 15 is 0 Å². The van der Waals surface area contributed by atoms with Gasteiger partial charge in [-0.3, -0.25) is 4.79 Å². The molecule has 0 radical (unpaired) electrons. The average molecular weight is 355 g/mol. The molecule has 7 nitrogen and oxygen atoms in total. The third kappa shape index (κ3) is 3.08. The quantitative estimate of drug-likeness (QED) is 0.884. The Morgan fingerprint density at radius 1 is 1.40 bits per heavy atom. The lowest BCUT2D eigenvalue weighted by atomic mass is 10.0. The Bertz CT molecular complexity index is 808. The van der Waals surface area contributed by atoms with Gasteiger partial charge in [0.1, 0.15) is 11.6 Å². The van der Waals surface area contributed by atoms with Gasteiger partial charge in [0.05, 0.1) is 0 Å². The largest absolute Gasteiger partial charge is 0.410 e. The highest BCUT2D eigenvalue weighted by molar-refractivity contribution is 6.02. The molecule has 2 aromatic heterocycles. The summed E-state index contributed by atoms with van der Waals surface area (Å²) in [5.74, 6) is 0.520. The number of aromatic nitrogens is 3. The van der Waals surface area contributed by atoms with Gasteiger partial charge < -0.3 is 15.2 Å². The number of nitrogens with one attached hydrogen (secondary N) is 2.